The molecule has 0 saturated heterocycles. The predicted molar refractivity (Wildman–Crippen MR) is 203 cm³/mol. The van der Waals surface area contributed by atoms with Crippen molar-refractivity contribution in [1.82, 2.24) is 24.5 Å². The maximum absolute atomic E-state index is 6.65. The standard InChI is InChI=1S/C44H25N5O2/c1-3-11-26(12-4-1)41-46-42(30-19-22-38-34(24-30)31-17-9-10-18-37(31)50-38)48-44(47-41)49-36-25-29-16-8-7-15-28(29)23-33(36)32-20-21-35-40(39(32)49)51-43(45-35)27-13-5-2-6-14-27/h1-25H. The highest BCUT2D eigenvalue weighted by molar-refractivity contribution is 6.19. The Labute approximate surface area is 290 Å². The number of aromatic nitrogens is 5. The van der Waals surface area contributed by atoms with Crippen molar-refractivity contribution >= 4 is 65.6 Å². The molecule has 51 heavy (non-hydrogen) atoms. The van der Waals surface area contributed by atoms with Crippen LogP contribution in [0.5, 0.6) is 0 Å². The van der Waals surface area contributed by atoms with Gasteiger partial charge in [0.05, 0.1) is 5.52 Å². The molecule has 11 aromatic rings. The van der Waals surface area contributed by atoms with Crippen LogP contribution in [0, 0.1) is 0 Å². The lowest BCUT2D eigenvalue weighted by molar-refractivity contribution is 0.621. The van der Waals surface area contributed by atoms with E-state index >= 15 is 0 Å². The van der Waals surface area contributed by atoms with Crippen LogP contribution in [-0.2, 0) is 0 Å². The van der Waals surface area contributed by atoms with E-state index in [0.717, 1.165) is 76.7 Å². The fraction of sp³-hybridized carbons (Fsp3) is 0. The number of benzene rings is 7. The lowest BCUT2D eigenvalue weighted by Crippen LogP contribution is -2.06. The highest BCUT2D eigenvalue weighted by atomic mass is 16.3. The quantitative estimate of drug-likeness (QED) is 0.188. The zero-order valence-corrected chi connectivity index (χ0v) is 27.0. The third kappa shape index (κ3) is 4.31. The summed E-state index contributed by atoms with van der Waals surface area (Å²) in [5.74, 6) is 2.16. The van der Waals surface area contributed by atoms with Crippen LogP contribution < -0.4 is 0 Å². The molecule has 0 saturated carbocycles. The van der Waals surface area contributed by atoms with E-state index in [9.17, 15) is 0 Å². The van der Waals surface area contributed by atoms with Gasteiger partial charge in [0, 0.05) is 38.2 Å². The lowest BCUT2D eigenvalue weighted by Gasteiger charge is -2.11. The summed E-state index contributed by atoms with van der Waals surface area (Å²) >= 11 is 0. The lowest BCUT2D eigenvalue weighted by atomic mass is 10.1. The van der Waals surface area contributed by atoms with Gasteiger partial charge in [-0.25, -0.2) is 9.97 Å². The Morgan fingerprint density at radius 2 is 1.12 bits per heavy atom. The number of fused-ring (bicyclic) bond motifs is 9. The highest BCUT2D eigenvalue weighted by Crippen LogP contribution is 2.40. The molecule has 0 atom stereocenters. The summed E-state index contributed by atoms with van der Waals surface area (Å²) in [4.78, 5) is 20.4. The first-order valence-corrected chi connectivity index (χ1v) is 16.8. The third-order valence-electron chi connectivity index (χ3n) is 9.66. The Kier molecular flexibility index (Phi) is 5.83. The molecule has 0 aliphatic heterocycles. The van der Waals surface area contributed by atoms with E-state index in [2.05, 4.69) is 59.2 Å². The molecular formula is C44H25N5O2. The van der Waals surface area contributed by atoms with E-state index < -0.39 is 0 Å². The Balaban J connectivity index is 1.24. The number of furan rings is 1. The molecule has 0 N–H and O–H groups in total. The second-order valence-electron chi connectivity index (χ2n) is 12.7. The van der Waals surface area contributed by atoms with Gasteiger partial charge < -0.3 is 8.83 Å². The van der Waals surface area contributed by atoms with Gasteiger partial charge in [0.25, 0.3) is 0 Å². The molecule has 0 radical (unpaired) electrons. The summed E-state index contributed by atoms with van der Waals surface area (Å²) in [6, 6.07) is 51.2. The highest BCUT2D eigenvalue weighted by Gasteiger charge is 2.23. The van der Waals surface area contributed by atoms with Crippen molar-refractivity contribution in [3.8, 4) is 40.2 Å². The van der Waals surface area contributed by atoms with Gasteiger partial charge in [-0.2, -0.15) is 9.97 Å². The van der Waals surface area contributed by atoms with Crippen molar-refractivity contribution in [1.29, 1.82) is 0 Å². The van der Waals surface area contributed by atoms with E-state index in [1.165, 1.54) is 0 Å². The average Bonchev–Trinajstić information content (AvgIpc) is 3.89. The van der Waals surface area contributed by atoms with Crippen LogP contribution in [0.2, 0.25) is 0 Å². The van der Waals surface area contributed by atoms with Crippen molar-refractivity contribution in [2.24, 2.45) is 0 Å². The molecule has 0 bridgehead atoms. The van der Waals surface area contributed by atoms with Gasteiger partial charge in [-0.15, -0.1) is 0 Å². The van der Waals surface area contributed by atoms with Crippen molar-refractivity contribution in [2.75, 3.05) is 0 Å². The zero-order valence-electron chi connectivity index (χ0n) is 27.0. The van der Waals surface area contributed by atoms with Crippen molar-refractivity contribution in [2.45, 2.75) is 0 Å². The minimum Gasteiger partial charge on any atom is -0.456 e. The predicted octanol–water partition coefficient (Wildman–Crippen LogP) is 11.2. The first-order valence-electron chi connectivity index (χ1n) is 16.8. The monoisotopic (exact) mass is 655 g/mol. The largest absolute Gasteiger partial charge is 0.456 e. The van der Waals surface area contributed by atoms with Gasteiger partial charge in [-0.3, -0.25) is 4.57 Å². The van der Waals surface area contributed by atoms with E-state index in [-0.39, 0.29) is 0 Å². The van der Waals surface area contributed by atoms with Crippen LogP contribution >= 0.6 is 0 Å². The third-order valence-corrected chi connectivity index (χ3v) is 9.66. The molecule has 0 aliphatic carbocycles. The molecule has 0 aliphatic rings. The number of para-hydroxylation sites is 1. The SMILES string of the molecule is c1ccc(-c2nc(-c3ccc4oc5ccccc5c4c3)nc(-n3c4cc5ccccc5cc4c4ccc5nc(-c6ccccc6)oc5c43)n2)cc1. The zero-order chi connectivity index (χ0) is 33.5. The van der Waals surface area contributed by atoms with Crippen LogP contribution in [-0.4, -0.2) is 24.5 Å². The molecule has 0 amide bonds. The molecule has 11 rings (SSSR count). The number of rotatable bonds is 4. The molecular weight excluding hydrogens is 631 g/mol. The Morgan fingerprint density at radius 1 is 0.431 bits per heavy atom. The maximum Gasteiger partial charge on any atom is 0.238 e. The van der Waals surface area contributed by atoms with Crippen LogP contribution in [0.15, 0.2) is 160 Å². The van der Waals surface area contributed by atoms with Gasteiger partial charge >= 0.3 is 0 Å². The summed E-state index contributed by atoms with van der Waals surface area (Å²) in [7, 11) is 0. The van der Waals surface area contributed by atoms with Crippen molar-refractivity contribution in [3.63, 3.8) is 0 Å². The number of hydrogen-bond acceptors (Lipinski definition) is 6. The molecule has 0 unspecified atom stereocenters. The first kappa shape index (κ1) is 27.8. The van der Waals surface area contributed by atoms with Crippen molar-refractivity contribution < 1.29 is 8.83 Å². The molecule has 0 fully saturated rings. The summed E-state index contributed by atoms with van der Waals surface area (Å²) in [6.45, 7) is 0. The minimum absolute atomic E-state index is 0.483. The van der Waals surface area contributed by atoms with E-state index in [4.69, 9.17) is 28.8 Å². The fourth-order valence-electron chi connectivity index (χ4n) is 7.25. The van der Waals surface area contributed by atoms with Gasteiger partial charge in [0.2, 0.25) is 11.8 Å². The molecule has 7 heteroatoms. The summed E-state index contributed by atoms with van der Waals surface area (Å²) in [5, 5.41) is 6.40. The van der Waals surface area contributed by atoms with Crippen molar-refractivity contribution in [3.05, 3.63) is 152 Å². The van der Waals surface area contributed by atoms with Gasteiger partial charge in [-0.1, -0.05) is 91.0 Å². The van der Waals surface area contributed by atoms with Gasteiger partial charge in [0.15, 0.2) is 17.2 Å². The van der Waals surface area contributed by atoms with Crippen LogP contribution in [0.4, 0.5) is 0 Å². The van der Waals surface area contributed by atoms with Crippen LogP contribution in [0.25, 0.3) is 106 Å². The van der Waals surface area contributed by atoms with Gasteiger partial charge in [0.1, 0.15) is 22.2 Å². The van der Waals surface area contributed by atoms with E-state index in [1.807, 2.05) is 97.1 Å². The molecule has 0 spiro atoms. The first-order chi connectivity index (χ1) is 25.2. The second kappa shape index (κ2) is 10.7. The molecule has 7 nitrogen and oxygen atoms in total. The Morgan fingerprint density at radius 3 is 1.94 bits per heavy atom. The summed E-state index contributed by atoms with van der Waals surface area (Å²) in [5.41, 5.74) is 7.54. The average molecular weight is 656 g/mol. The normalized spacial score (nSPS) is 11.9. The molecule has 4 aromatic heterocycles. The van der Waals surface area contributed by atoms with E-state index in [0.29, 0.717) is 29.1 Å². The molecule has 4 heterocycles. The smallest absolute Gasteiger partial charge is 0.238 e. The summed E-state index contributed by atoms with van der Waals surface area (Å²) in [6.07, 6.45) is 0. The topological polar surface area (TPSA) is 82.8 Å². The second-order valence-corrected chi connectivity index (χ2v) is 12.7. The molecule has 7 aromatic carbocycles. The summed E-state index contributed by atoms with van der Waals surface area (Å²) < 4.78 is 14.9. The fourth-order valence-corrected chi connectivity index (χ4v) is 7.25. The minimum atomic E-state index is 0.483. The number of oxazole rings is 1. The number of nitrogens with zero attached hydrogens (tertiary/aromatic N) is 5. The Bertz CT molecular complexity index is 3140. The number of hydrogen-bond donors (Lipinski definition) is 0. The van der Waals surface area contributed by atoms with Gasteiger partial charge in [-0.05, 0) is 71.4 Å². The van der Waals surface area contributed by atoms with E-state index in [1.54, 1.807) is 0 Å². The maximum atomic E-state index is 6.65. The Hall–Kier alpha value is -7.12. The van der Waals surface area contributed by atoms with Crippen LogP contribution in [0.3, 0.4) is 0 Å². The molecule has 238 valence electrons. The van der Waals surface area contributed by atoms with Crippen LogP contribution in [0.1, 0.15) is 0 Å².